The lowest BCUT2D eigenvalue weighted by Gasteiger charge is -2.55. The molecule has 0 aromatic heterocycles. The predicted octanol–water partition coefficient (Wildman–Crippen LogP) is 3.05. The quantitative estimate of drug-likeness (QED) is 0.406. The molecular weight excluding hydrogens is 348 g/mol. The number of benzene rings is 1. The van der Waals surface area contributed by atoms with Crippen LogP contribution in [0.2, 0.25) is 0 Å². The van der Waals surface area contributed by atoms with Crippen LogP contribution >= 0.6 is 12.2 Å². The molecule has 0 unspecified atom stereocenters. The van der Waals surface area contributed by atoms with E-state index >= 15 is 0 Å². The minimum Gasteiger partial charge on any atom is -0.492 e. The number of thiocarbonyl (C=S) groups is 1. The van der Waals surface area contributed by atoms with Gasteiger partial charge in [0.1, 0.15) is 17.3 Å². The summed E-state index contributed by atoms with van der Waals surface area (Å²) in [5.74, 6) is 3.30. The van der Waals surface area contributed by atoms with E-state index in [0.29, 0.717) is 13.2 Å². The minimum atomic E-state index is -0.0939. The Labute approximate surface area is 159 Å². The molecule has 0 radical (unpaired) electrons. The Hall–Kier alpha value is -1.66. The van der Waals surface area contributed by atoms with Gasteiger partial charge in [-0.05, 0) is 80.5 Å². The molecule has 1 aromatic rings. The molecule has 4 aliphatic carbocycles. The topological polar surface area (TPSA) is 70.6 Å². The van der Waals surface area contributed by atoms with Crippen molar-refractivity contribution in [3.8, 4) is 5.75 Å². The Morgan fingerprint density at radius 2 is 1.69 bits per heavy atom. The number of amides is 1. The highest BCUT2D eigenvalue weighted by molar-refractivity contribution is 7.80. The summed E-state index contributed by atoms with van der Waals surface area (Å²) >= 11 is 4.96. The monoisotopic (exact) mass is 374 g/mol. The van der Waals surface area contributed by atoms with Crippen LogP contribution in [-0.4, -0.2) is 29.3 Å². The van der Waals surface area contributed by atoms with E-state index in [1.165, 1.54) is 19.3 Å². The number of nitrogens with one attached hydrogen (secondary N) is 2. The molecule has 26 heavy (non-hydrogen) atoms. The standard InChI is InChI=1S/C20H26N2O3S/c23-19(20-10-13-7-14(11-20)9-15(8-13)12-20)21-5-6-25-17-3-1-16(2-4-17)18(26)22-24/h1-4,13-15,24H,5-12H2,(H,21,23)(H,22,26). The molecular formula is C20H26N2O3S. The Morgan fingerprint density at radius 3 is 2.23 bits per heavy atom. The molecule has 6 heteroatoms. The van der Waals surface area contributed by atoms with Crippen molar-refractivity contribution in [2.45, 2.75) is 38.5 Å². The van der Waals surface area contributed by atoms with Gasteiger partial charge in [0.15, 0.2) is 0 Å². The number of rotatable bonds is 6. The molecule has 0 spiro atoms. The Balaban J connectivity index is 1.25. The van der Waals surface area contributed by atoms with E-state index in [-0.39, 0.29) is 16.3 Å². The molecule has 140 valence electrons. The highest BCUT2D eigenvalue weighted by atomic mass is 32.1. The second-order valence-electron chi connectivity index (χ2n) is 8.27. The Morgan fingerprint density at radius 1 is 1.12 bits per heavy atom. The second kappa shape index (κ2) is 7.16. The maximum Gasteiger partial charge on any atom is 0.226 e. The summed E-state index contributed by atoms with van der Waals surface area (Å²) in [6.45, 7) is 0.971. The summed E-state index contributed by atoms with van der Waals surface area (Å²) in [7, 11) is 0. The van der Waals surface area contributed by atoms with E-state index in [1.54, 1.807) is 24.3 Å². The molecule has 3 N–H and O–H groups in total. The maximum absolute atomic E-state index is 12.8. The zero-order valence-corrected chi connectivity index (χ0v) is 15.7. The molecule has 4 saturated carbocycles. The van der Waals surface area contributed by atoms with Gasteiger partial charge < -0.3 is 10.1 Å². The van der Waals surface area contributed by atoms with Gasteiger partial charge in [0.25, 0.3) is 0 Å². The predicted molar refractivity (Wildman–Crippen MR) is 102 cm³/mol. The van der Waals surface area contributed by atoms with Crippen molar-refractivity contribution in [2.24, 2.45) is 23.2 Å². The first-order chi connectivity index (χ1) is 12.6. The molecule has 0 heterocycles. The lowest BCUT2D eigenvalue weighted by atomic mass is 9.49. The van der Waals surface area contributed by atoms with Gasteiger partial charge >= 0.3 is 0 Å². The summed E-state index contributed by atoms with van der Waals surface area (Å²) in [6, 6.07) is 7.18. The van der Waals surface area contributed by atoms with Crippen LogP contribution in [0.15, 0.2) is 24.3 Å². The van der Waals surface area contributed by atoms with Crippen molar-refractivity contribution in [3.05, 3.63) is 29.8 Å². The molecule has 4 fully saturated rings. The van der Waals surface area contributed by atoms with Gasteiger partial charge in [0.05, 0.1) is 6.54 Å². The third-order valence-electron chi connectivity index (χ3n) is 6.39. The molecule has 5 rings (SSSR count). The normalized spacial score (nSPS) is 31.5. The van der Waals surface area contributed by atoms with Gasteiger partial charge in [-0.2, -0.15) is 0 Å². The van der Waals surface area contributed by atoms with Crippen LogP contribution in [0.1, 0.15) is 44.1 Å². The molecule has 4 bridgehead atoms. The third-order valence-corrected chi connectivity index (χ3v) is 6.72. The lowest BCUT2D eigenvalue weighted by molar-refractivity contribution is -0.146. The van der Waals surface area contributed by atoms with Gasteiger partial charge in [-0.3, -0.25) is 15.5 Å². The fourth-order valence-corrected chi connectivity index (χ4v) is 5.81. The maximum atomic E-state index is 12.8. The summed E-state index contributed by atoms with van der Waals surface area (Å²) in [5, 5.41) is 11.9. The summed E-state index contributed by atoms with van der Waals surface area (Å²) in [6.07, 6.45) is 7.31. The number of carbonyl (C=O) groups is 1. The fraction of sp³-hybridized carbons (Fsp3) is 0.600. The van der Waals surface area contributed by atoms with Gasteiger partial charge in [-0.15, -0.1) is 0 Å². The van der Waals surface area contributed by atoms with E-state index in [4.69, 9.17) is 22.2 Å². The largest absolute Gasteiger partial charge is 0.492 e. The first-order valence-corrected chi connectivity index (χ1v) is 9.94. The zero-order valence-electron chi connectivity index (χ0n) is 14.9. The van der Waals surface area contributed by atoms with E-state index in [2.05, 4.69) is 5.32 Å². The van der Waals surface area contributed by atoms with E-state index < -0.39 is 0 Å². The second-order valence-corrected chi connectivity index (χ2v) is 8.68. The third kappa shape index (κ3) is 3.45. The van der Waals surface area contributed by atoms with Crippen LogP contribution < -0.4 is 15.5 Å². The summed E-state index contributed by atoms with van der Waals surface area (Å²) in [4.78, 5) is 13.1. The molecule has 1 aromatic carbocycles. The molecule has 1 amide bonds. The highest BCUT2D eigenvalue weighted by Crippen LogP contribution is 2.60. The van der Waals surface area contributed by atoms with Crippen LogP contribution in [-0.2, 0) is 4.79 Å². The van der Waals surface area contributed by atoms with Crippen molar-refractivity contribution in [1.29, 1.82) is 0 Å². The molecule has 0 aliphatic heterocycles. The summed E-state index contributed by atoms with van der Waals surface area (Å²) < 4.78 is 5.70. The van der Waals surface area contributed by atoms with Crippen molar-refractivity contribution in [2.75, 3.05) is 13.2 Å². The lowest BCUT2D eigenvalue weighted by Crippen LogP contribution is -2.54. The smallest absolute Gasteiger partial charge is 0.226 e. The number of hydrogen-bond acceptors (Lipinski definition) is 4. The van der Waals surface area contributed by atoms with E-state index in [0.717, 1.165) is 48.3 Å². The van der Waals surface area contributed by atoms with Gasteiger partial charge in [0, 0.05) is 11.0 Å². The first-order valence-electron chi connectivity index (χ1n) is 9.53. The van der Waals surface area contributed by atoms with Crippen LogP contribution in [0, 0.1) is 23.2 Å². The van der Waals surface area contributed by atoms with Gasteiger partial charge in [-0.1, -0.05) is 12.2 Å². The number of hydroxylamine groups is 1. The first kappa shape index (κ1) is 17.7. The molecule has 4 aliphatic rings. The average Bonchev–Trinajstić information content (AvgIpc) is 2.64. The Bertz CT molecular complexity index is 654. The zero-order chi connectivity index (χ0) is 18.1. The van der Waals surface area contributed by atoms with E-state index in [9.17, 15) is 4.79 Å². The number of carbonyl (C=O) groups excluding carboxylic acids is 1. The van der Waals surface area contributed by atoms with E-state index in [1.807, 2.05) is 5.48 Å². The molecule has 5 nitrogen and oxygen atoms in total. The molecule has 0 saturated heterocycles. The van der Waals surface area contributed by atoms with Gasteiger partial charge in [-0.25, -0.2) is 0 Å². The van der Waals surface area contributed by atoms with Crippen molar-refractivity contribution < 1.29 is 14.7 Å². The fourth-order valence-electron chi connectivity index (χ4n) is 5.68. The van der Waals surface area contributed by atoms with Crippen LogP contribution in [0.25, 0.3) is 0 Å². The average molecular weight is 375 g/mol. The highest BCUT2D eigenvalue weighted by Gasteiger charge is 2.54. The van der Waals surface area contributed by atoms with Crippen LogP contribution in [0.3, 0.4) is 0 Å². The number of ether oxygens (including phenoxy) is 1. The number of hydrogen-bond donors (Lipinski definition) is 3. The van der Waals surface area contributed by atoms with Crippen molar-refractivity contribution >= 4 is 23.1 Å². The SMILES string of the molecule is O=C(NCCOc1ccc(C(=S)NO)cc1)C12CC3CC(CC(C3)C1)C2. The van der Waals surface area contributed by atoms with Crippen LogP contribution in [0.4, 0.5) is 0 Å². The molecule has 0 atom stereocenters. The Kier molecular flexibility index (Phi) is 4.88. The summed E-state index contributed by atoms with van der Waals surface area (Å²) in [5.41, 5.74) is 2.60. The van der Waals surface area contributed by atoms with Gasteiger partial charge in [0.2, 0.25) is 5.91 Å². The minimum absolute atomic E-state index is 0.0939. The van der Waals surface area contributed by atoms with Crippen LogP contribution in [0.5, 0.6) is 5.75 Å². The van der Waals surface area contributed by atoms with Crippen molar-refractivity contribution in [1.82, 2.24) is 10.8 Å². The van der Waals surface area contributed by atoms with Crippen molar-refractivity contribution in [3.63, 3.8) is 0 Å².